The van der Waals surface area contributed by atoms with E-state index in [4.69, 9.17) is 0 Å². The van der Waals surface area contributed by atoms with Gasteiger partial charge in [0.1, 0.15) is 11.6 Å². The number of nitrogens with one attached hydrogen (secondary N) is 1. The summed E-state index contributed by atoms with van der Waals surface area (Å²) in [5, 5.41) is 0.669. The molecule has 0 heterocycles. The van der Waals surface area contributed by atoms with Gasteiger partial charge >= 0.3 is 6.36 Å². The summed E-state index contributed by atoms with van der Waals surface area (Å²) in [4.78, 5) is 12.0. The molecule has 2 aromatic rings. The summed E-state index contributed by atoms with van der Waals surface area (Å²) in [6, 6.07) is 7.51. The lowest BCUT2D eigenvalue weighted by molar-refractivity contribution is -0.274. The summed E-state index contributed by atoms with van der Waals surface area (Å²) < 4.78 is 78.7. The molecule has 0 aliphatic carbocycles. The van der Waals surface area contributed by atoms with Crippen LogP contribution in [0.1, 0.15) is 15.9 Å². The van der Waals surface area contributed by atoms with Crippen LogP contribution in [-0.2, 0) is 10.0 Å². The van der Waals surface area contributed by atoms with Gasteiger partial charge in [-0.3, -0.25) is 4.79 Å². The van der Waals surface area contributed by atoms with Gasteiger partial charge in [-0.1, -0.05) is 12.1 Å². The lowest BCUT2D eigenvalue weighted by Gasteiger charge is -2.08. The average molecular weight is 468 g/mol. The molecule has 0 spiro atoms. The number of halogens is 5. The van der Waals surface area contributed by atoms with Gasteiger partial charge in [0, 0.05) is 4.47 Å². The molecule has 0 aromatic heterocycles. The highest BCUT2D eigenvalue weighted by Gasteiger charge is 2.30. The van der Waals surface area contributed by atoms with Crippen LogP contribution < -0.4 is 9.46 Å². The highest BCUT2D eigenvalue weighted by Crippen LogP contribution is 2.23. The first-order valence-corrected chi connectivity index (χ1v) is 9.35. The van der Waals surface area contributed by atoms with Gasteiger partial charge < -0.3 is 4.74 Å². The fraction of sp³-hybridized carbons (Fsp3) is 0.0625. The van der Waals surface area contributed by atoms with E-state index < -0.39 is 33.9 Å². The third-order valence-corrected chi connectivity index (χ3v) is 4.58. The van der Waals surface area contributed by atoms with Gasteiger partial charge in [-0.15, -0.1) is 13.2 Å². The quantitative estimate of drug-likeness (QED) is 0.668. The molecular formula is C16H10BrF4NO4S. The van der Waals surface area contributed by atoms with Crippen molar-refractivity contribution >= 4 is 37.9 Å². The van der Waals surface area contributed by atoms with Gasteiger partial charge in [-0.05, 0) is 57.9 Å². The summed E-state index contributed by atoms with van der Waals surface area (Å²) in [5.41, 5.74) is 0.160. The van der Waals surface area contributed by atoms with Gasteiger partial charge in [-0.2, -0.15) is 0 Å². The Labute approximate surface area is 159 Å². The Morgan fingerprint density at radius 1 is 1.11 bits per heavy atom. The molecule has 0 fully saturated rings. The number of rotatable bonds is 5. The molecule has 0 saturated heterocycles. The molecule has 1 amide bonds. The number of carbonyl (C=O) groups is 1. The molecule has 2 rings (SSSR count). The second-order valence-electron chi connectivity index (χ2n) is 5.02. The van der Waals surface area contributed by atoms with Crippen molar-refractivity contribution in [2.24, 2.45) is 0 Å². The first kappa shape index (κ1) is 20.9. The molecule has 0 aliphatic heterocycles. The van der Waals surface area contributed by atoms with Gasteiger partial charge in [0.15, 0.2) is 0 Å². The van der Waals surface area contributed by atoms with Crippen molar-refractivity contribution in [3.8, 4) is 5.75 Å². The zero-order valence-electron chi connectivity index (χ0n) is 13.1. The highest BCUT2D eigenvalue weighted by atomic mass is 79.9. The monoisotopic (exact) mass is 467 g/mol. The van der Waals surface area contributed by atoms with Crippen LogP contribution >= 0.6 is 15.9 Å². The van der Waals surface area contributed by atoms with E-state index in [0.29, 0.717) is 5.41 Å². The van der Waals surface area contributed by atoms with Crippen molar-refractivity contribution in [1.82, 2.24) is 4.72 Å². The minimum absolute atomic E-state index is 0.0689. The van der Waals surface area contributed by atoms with E-state index in [9.17, 15) is 30.8 Å². The number of sulfonamides is 1. The maximum absolute atomic E-state index is 13.0. The Balaban J connectivity index is 2.08. The summed E-state index contributed by atoms with van der Waals surface area (Å²) in [6.07, 6.45) is -3.76. The van der Waals surface area contributed by atoms with Crippen molar-refractivity contribution in [3.63, 3.8) is 0 Å². The van der Waals surface area contributed by atoms with Gasteiger partial charge in [-0.25, -0.2) is 17.5 Å². The molecule has 1 N–H and O–H groups in total. The lowest BCUT2D eigenvalue weighted by atomic mass is 10.2. The molecule has 0 unspecified atom stereocenters. The zero-order chi connectivity index (χ0) is 20.2. The van der Waals surface area contributed by atoms with Crippen LogP contribution in [0.3, 0.4) is 0 Å². The minimum atomic E-state index is -4.83. The van der Waals surface area contributed by atoms with Gasteiger partial charge in [0.05, 0.1) is 11.0 Å². The fourth-order valence-corrected chi connectivity index (χ4v) is 3.14. The Bertz CT molecular complexity index is 973. The first-order chi connectivity index (χ1) is 12.5. The molecule has 0 radical (unpaired) electrons. The second-order valence-corrected chi connectivity index (χ2v) is 7.44. The molecule has 0 saturated carbocycles. The van der Waals surface area contributed by atoms with Crippen molar-refractivity contribution in [2.75, 3.05) is 0 Å². The van der Waals surface area contributed by atoms with E-state index in [1.54, 1.807) is 4.72 Å². The second kappa shape index (κ2) is 8.09. The van der Waals surface area contributed by atoms with Crippen molar-refractivity contribution in [2.45, 2.75) is 6.36 Å². The predicted molar refractivity (Wildman–Crippen MR) is 92.6 cm³/mol. The van der Waals surface area contributed by atoms with E-state index in [1.807, 2.05) is 0 Å². The molecule has 2 aromatic carbocycles. The number of ether oxygens (including phenoxy) is 1. The molecule has 11 heteroatoms. The minimum Gasteiger partial charge on any atom is -0.406 e. The fourth-order valence-electron chi connectivity index (χ4n) is 1.84. The zero-order valence-corrected chi connectivity index (χ0v) is 15.5. The molecular weight excluding hydrogens is 458 g/mol. The van der Waals surface area contributed by atoms with E-state index in [1.165, 1.54) is 12.1 Å². The molecule has 5 nitrogen and oxygen atoms in total. The predicted octanol–water partition coefficient (Wildman–Crippen LogP) is 4.22. The standard InChI is InChI=1S/C16H10BrF4NO4S/c17-14-9-11(18)3-6-13(14)15(23)22-27(24,25)8-7-10-1-4-12(5-2-10)26-16(19,20)21/h1-9H,(H,22,23)/b8-7+. The van der Waals surface area contributed by atoms with E-state index in [0.717, 1.165) is 36.4 Å². The summed E-state index contributed by atoms with van der Waals surface area (Å²) in [6.45, 7) is 0. The number of alkyl halides is 3. The van der Waals surface area contributed by atoms with Crippen LogP contribution in [0.25, 0.3) is 6.08 Å². The lowest BCUT2D eigenvalue weighted by Crippen LogP contribution is -2.29. The smallest absolute Gasteiger partial charge is 0.406 e. The Hall–Kier alpha value is -2.40. The number of benzene rings is 2. The van der Waals surface area contributed by atoms with E-state index in [2.05, 4.69) is 20.7 Å². The van der Waals surface area contributed by atoms with Crippen LogP contribution in [-0.4, -0.2) is 20.7 Å². The Morgan fingerprint density at radius 3 is 2.30 bits per heavy atom. The number of hydrogen-bond donors (Lipinski definition) is 1. The van der Waals surface area contributed by atoms with Crippen molar-refractivity contribution < 1.29 is 35.5 Å². The molecule has 0 atom stereocenters. The first-order valence-electron chi connectivity index (χ1n) is 7.01. The van der Waals surface area contributed by atoms with Gasteiger partial charge in [0.2, 0.25) is 0 Å². The Morgan fingerprint density at radius 2 is 1.74 bits per heavy atom. The molecule has 0 aliphatic rings. The summed E-state index contributed by atoms with van der Waals surface area (Å²) in [5.74, 6) is -2.06. The normalized spacial score (nSPS) is 12.2. The Kier molecular flexibility index (Phi) is 6.26. The third-order valence-electron chi connectivity index (χ3n) is 2.96. The largest absolute Gasteiger partial charge is 0.573 e. The molecule has 144 valence electrons. The van der Waals surface area contributed by atoms with E-state index >= 15 is 0 Å². The topological polar surface area (TPSA) is 72.5 Å². The summed E-state index contributed by atoms with van der Waals surface area (Å²) in [7, 11) is -4.20. The maximum atomic E-state index is 13.0. The van der Waals surface area contributed by atoms with Crippen molar-refractivity contribution in [1.29, 1.82) is 0 Å². The number of carbonyl (C=O) groups excluding carboxylic acids is 1. The number of hydrogen-bond acceptors (Lipinski definition) is 4. The average Bonchev–Trinajstić information content (AvgIpc) is 2.52. The van der Waals surface area contributed by atoms with Crippen LogP contribution in [0.5, 0.6) is 5.75 Å². The van der Waals surface area contributed by atoms with Crippen molar-refractivity contribution in [3.05, 3.63) is 69.3 Å². The van der Waals surface area contributed by atoms with Crippen LogP contribution in [0.15, 0.2) is 52.3 Å². The van der Waals surface area contributed by atoms with Crippen LogP contribution in [0.4, 0.5) is 17.6 Å². The highest BCUT2D eigenvalue weighted by molar-refractivity contribution is 9.10. The van der Waals surface area contributed by atoms with Crippen LogP contribution in [0, 0.1) is 5.82 Å². The number of amides is 1. The van der Waals surface area contributed by atoms with Gasteiger partial charge in [0.25, 0.3) is 15.9 Å². The van der Waals surface area contributed by atoms with E-state index in [-0.39, 0.29) is 15.6 Å². The summed E-state index contributed by atoms with van der Waals surface area (Å²) >= 11 is 2.95. The maximum Gasteiger partial charge on any atom is 0.573 e. The van der Waals surface area contributed by atoms with Crippen LogP contribution in [0.2, 0.25) is 0 Å². The molecule has 27 heavy (non-hydrogen) atoms. The SMILES string of the molecule is O=C(NS(=O)(=O)/C=C/c1ccc(OC(F)(F)F)cc1)c1ccc(F)cc1Br. The third kappa shape index (κ3) is 6.68. The molecule has 0 bridgehead atoms.